The zero-order chi connectivity index (χ0) is 14.3. The van der Waals surface area contributed by atoms with E-state index in [9.17, 15) is 4.79 Å². The molecule has 0 aliphatic rings. The maximum atomic E-state index is 12.0. The van der Waals surface area contributed by atoms with Crippen LogP contribution in [0.15, 0.2) is 18.2 Å². The number of nitrogens with one attached hydrogen (secondary N) is 1. The number of benzene rings is 1. The molecule has 0 aliphatic carbocycles. The Morgan fingerprint density at radius 1 is 1.16 bits per heavy atom. The second-order valence-corrected chi connectivity index (χ2v) is 4.89. The molecule has 0 heterocycles. The number of amides is 1. The van der Waals surface area contributed by atoms with Crippen LogP contribution in [-0.4, -0.2) is 26.7 Å². The normalized spacial score (nSPS) is 10.4. The number of methoxy groups -OCH3 is 2. The molecule has 19 heavy (non-hydrogen) atoms. The molecule has 1 aromatic rings. The van der Waals surface area contributed by atoms with E-state index in [4.69, 9.17) is 9.47 Å². The van der Waals surface area contributed by atoms with Gasteiger partial charge in [0.15, 0.2) is 0 Å². The minimum atomic E-state index is -0.0963. The highest BCUT2D eigenvalue weighted by molar-refractivity contribution is 5.95. The Labute approximate surface area is 115 Å². The van der Waals surface area contributed by atoms with Crippen LogP contribution in [0.1, 0.15) is 37.0 Å². The highest BCUT2D eigenvalue weighted by Crippen LogP contribution is 2.22. The Bertz CT molecular complexity index is 394. The lowest BCUT2D eigenvalue weighted by Crippen LogP contribution is -2.24. The van der Waals surface area contributed by atoms with Gasteiger partial charge in [0.2, 0.25) is 0 Å². The summed E-state index contributed by atoms with van der Waals surface area (Å²) in [5.41, 5.74) is 0.556. The first-order valence-corrected chi connectivity index (χ1v) is 6.58. The first kappa shape index (κ1) is 15.3. The Morgan fingerprint density at radius 3 is 2.21 bits per heavy atom. The lowest BCUT2D eigenvalue weighted by molar-refractivity contribution is 0.0952. The highest BCUT2D eigenvalue weighted by atomic mass is 16.5. The fourth-order valence-electron chi connectivity index (χ4n) is 1.75. The molecule has 1 aromatic carbocycles. The Hall–Kier alpha value is -1.71. The van der Waals surface area contributed by atoms with Crippen molar-refractivity contribution in [3.63, 3.8) is 0 Å². The van der Waals surface area contributed by atoms with Crippen molar-refractivity contribution in [1.29, 1.82) is 0 Å². The molecule has 4 nitrogen and oxygen atoms in total. The molecule has 0 bridgehead atoms. The molecular weight excluding hydrogens is 242 g/mol. The van der Waals surface area contributed by atoms with Gasteiger partial charge >= 0.3 is 0 Å². The fraction of sp³-hybridized carbons (Fsp3) is 0.533. The summed E-state index contributed by atoms with van der Waals surface area (Å²) in [5, 5.41) is 2.91. The Morgan fingerprint density at radius 2 is 1.74 bits per heavy atom. The van der Waals surface area contributed by atoms with E-state index < -0.39 is 0 Å². The van der Waals surface area contributed by atoms with Crippen LogP contribution in [0, 0.1) is 5.92 Å². The number of carbonyl (C=O) groups excluding carboxylic acids is 1. The molecule has 1 N–H and O–H groups in total. The molecular formula is C15H23NO3. The third-order valence-electron chi connectivity index (χ3n) is 2.86. The minimum absolute atomic E-state index is 0.0963. The van der Waals surface area contributed by atoms with Gasteiger partial charge in [0.1, 0.15) is 11.5 Å². The molecule has 0 aromatic heterocycles. The second kappa shape index (κ2) is 7.67. The van der Waals surface area contributed by atoms with Gasteiger partial charge in [-0.1, -0.05) is 13.8 Å². The quantitative estimate of drug-likeness (QED) is 0.771. The third-order valence-corrected chi connectivity index (χ3v) is 2.86. The average Bonchev–Trinajstić information content (AvgIpc) is 2.42. The van der Waals surface area contributed by atoms with Gasteiger partial charge in [-0.3, -0.25) is 4.79 Å². The zero-order valence-corrected chi connectivity index (χ0v) is 12.2. The lowest BCUT2D eigenvalue weighted by atomic mass is 10.1. The van der Waals surface area contributed by atoms with Gasteiger partial charge in [-0.25, -0.2) is 0 Å². The van der Waals surface area contributed by atoms with Crippen molar-refractivity contribution in [3.8, 4) is 11.5 Å². The summed E-state index contributed by atoms with van der Waals surface area (Å²) in [6, 6.07) is 5.16. The molecule has 106 valence electrons. The van der Waals surface area contributed by atoms with Crippen molar-refractivity contribution in [2.75, 3.05) is 20.8 Å². The molecule has 0 saturated heterocycles. The van der Waals surface area contributed by atoms with Crippen molar-refractivity contribution in [1.82, 2.24) is 5.32 Å². The van der Waals surface area contributed by atoms with Crippen molar-refractivity contribution in [2.24, 2.45) is 5.92 Å². The third kappa shape index (κ3) is 5.20. The molecule has 0 unspecified atom stereocenters. The molecule has 1 amide bonds. The van der Waals surface area contributed by atoms with Crippen LogP contribution in [0.5, 0.6) is 11.5 Å². The van der Waals surface area contributed by atoms with Crippen LogP contribution >= 0.6 is 0 Å². The van der Waals surface area contributed by atoms with Crippen molar-refractivity contribution < 1.29 is 14.3 Å². The van der Waals surface area contributed by atoms with Gasteiger partial charge < -0.3 is 14.8 Å². The van der Waals surface area contributed by atoms with Gasteiger partial charge in [0.25, 0.3) is 5.91 Å². The van der Waals surface area contributed by atoms with Crippen LogP contribution < -0.4 is 14.8 Å². The molecule has 0 atom stereocenters. The van der Waals surface area contributed by atoms with E-state index in [-0.39, 0.29) is 5.91 Å². The average molecular weight is 265 g/mol. The maximum absolute atomic E-state index is 12.0. The summed E-state index contributed by atoms with van der Waals surface area (Å²) >= 11 is 0. The van der Waals surface area contributed by atoms with Crippen LogP contribution in [0.4, 0.5) is 0 Å². The van der Waals surface area contributed by atoms with E-state index in [0.717, 1.165) is 12.8 Å². The molecule has 0 aliphatic heterocycles. The molecule has 1 rings (SSSR count). The van der Waals surface area contributed by atoms with E-state index in [0.29, 0.717) is 29.5 Å². The van der Waals surface area contributed by atoms with E-state index in [1.165, 1.54) is 0 Å². The number of hydrogen-bond donors (Lipinski definition) is 1. The SMILES string of the molecule is COc1cc(OC)cc(C(=O)NCCCC(C)C)c1. The first-order valence-electron chi connectivity index (χ1n) is 6.58. The minimum Gasteiger partial charge on any atom is -0.497 e. The standard InChI is InChI=1S/C15H23NO3/c1-11(2)6-5-7-16-15(17)12-8-13(18-3)10-14(9-12)19-4/h8-11H,5-7H2,1-4H3,(H,16,17). The fourth-order valence-corrected chi connectivity index (χ4v) is 1.75. The second-order valence-electron chi connectivity index (χ2n) is 4.89. The smallest absolute Gasteiger partial charge is 0.251 e. The summed E-state index contributed by atoms with van der Waals surface area (Å²) in [6.45, 7) is 5.04. The monoisotopic (exact) mass is 265 g/mol. The van der Waals surface area contributed by atoms with E-state index in [1.807, 2.05) is 0 Å². The molecule has 0 radical (unpaired) electrons. The molecule has 0 fully saturated rings. The summed E-state index contributed by atoms with van der Waals surface area (Å²) in [6.07, 6.45) is 2.10. The van der Waals surface area contributed by atoms with Crippen LogP contribution in [0.3, 0.4) is 0 Å². The van der Waals surface area contributed by atoms with Crippen molar-refractivity contribution in [2.45, 2.75) is 26.7 Å². The number of ether oxygens (including phenoxy) is 2. The van der Waals surface area contributed by atoms with Crippen LogP contribution in [0.25, 0.3) is 0 Å². The molecule has 0 saturated carbocycles. The van der Waals surface area contributed by atoms with E-state index in [2.05, 4.69) is 19.2 Å². The Balaban J connectivity index is 2.60. The number of carbonyl (C=O) groups is 1. The predicted octanol–water partition coefficient (Wildman–Crippen LogP) is 2.87. The van der Waals surface area contributed by atoms with E-state index in [1.54, 1.807) is 32.4 Å². The Kier molecular flexibility index (Phi) is 6.19. The lowest BCUT2D eigenvalue weighted by Gasteiger charge is -2.09. The molecule has 4 heteroatoms. The zero-order valence-electron chi connectivity index (χ0n) is 12.2. The number of hydrogen-bond acceptors (Lipinski definition) is 3. The van der Waals surface area contributed by atoms with Gasteiger partial charge in [0, 0.05) is 18.2 Å². The van der Waals surface area contributed by atoms with Gasteiger partial charge in [-0.15, -0.1) is 0 Å². The van der Waals surface area contributed by atoms with E-state index >= 15 is 0 Å². The predicted molar refractivity (Wildman–Crippen MR) is 76.0 cm³/mol. The summed E-state index contributed by atoms with van der Waals surface area (Å²) in [7, 11) is 3.14. The maximum Gasteiger partial charge on any atom is 0.251 e. The number of rotatable bonds is 7. The van der Waals surface area contributed by atoms with Gasteiger partial charge in [0.05, 0.1) is 14.2 Å². The van der Waals surface area contributed by atoms with Crippen molar-refractivity contribution >= 4 is 5.91 Å². The van der Waals surface area contributed by atoms with Crippen LogP contribution in [-0.2, 0) is 0 Å². The summed E-state index contributed by atoms with van der Waals surface area (Å²) in [4.78, 5) is 12.0. The van der Waals surface area contributed by atoms with Crippen molar-refractivity contribution in [3.05, 3.63) is 23.8 Å². The summed E-state index contributed by atoms with van der Waals surface area (Å²) in [5.74, 6) is 1.80. The van der Waals surface area contributed by atoms with Gasteiger partial charge in [-0.05, 0) is 30.9 Å². The summed E-state index contributed by atoms with van der Waals surface area (Å²) < 4.78 is 10.3. The highest BCUT2D eigenvalue weighted by Gasteiger charge is 2.09. The topological polar surface area (TPSA) is 47.6 Å². The van der Waals surface area contributed by atoms with Gasteiger partial charge in [-0.2, -0.15) is 0 Å². The largest absolute Gasteiger partial charge is 0.497 e. The first-order chi connectivity index (χ1) is 9.06. The van der Waals surface area contributed by atoms with Crippen LogP contribution in [0.2, 0.25) is 0 Å². The molecule has 0 spiro atoms.